The van der Waals surface area contributed by atoms with Crippen LogP contribution in [0.4, 0.5) is 0 Å². The Hall–Kier alpha value is -0.740. The van der Waals surface area contributed by atoms with E-state index in [4.69, 9.17) is 9.47 Å². The van der Waals surface area contributed by atoms with Gasteiger partial charge < -0.3 is 14.6 Å². The maximum absolute atomic E-state index is 9.28. The zero-order valence-corrected chi connectivity index (χ0v) is 13.1. The van der Waals surface area contributed by atoms with Crippen LogP contribution in [0, 0.1) is 0 Å². The van der Waals surface area contributed by atoms with Crippen LogP contribution in [0.15, 0.2) is 16.6 Å². The van der Waals surface area contributed by atoms with Gasteiger partial charge in [0.05, 0.1) is 13.2 Å². The number of benzene rings is 1. The Bertz CT molecular complexity index is 428. The molecule has 0 amide bonds. The first kappa shape index (κ1) is 14.7. The minimum atomic E-state index is 0.0730. The minimum Gasteiger partial charge on any atom is -0.493 e. The third-order valence-corrected chi connectivity index (χ3v) is 4.37. The van der Waals surface area contributed by atoms with E-state index in [1.165, 1.54) is 12.8 Å². The van der Waals surface area contributed by atoms with Crippen molar-refractivity contribution in [3.8, 4) is 11.5 Å². The van der Waals surface area contributed by atoms with Gasteiger partial charge in [0, 0.05) is 17.0 Å². The Morgan fingerprint density at radius 3 is 2.58 bits per heavy atom. The van der Waals surface area contributed by atoms with Crippen LogP contribution in [-0.4, -0.2) is 24.9 Å². The summed E-state index contributed by atoms with van der Waals surface area (Å²) >= 11 is 3.55. The molecule has 1 unspecified atom stereocenters. The first-order chi connectivity index (χ1) is 9.15. The number of hydrogen-bond donors (Lipinski definition) is 1. The molecule has 0 radical (unpaired) electrons. The van der Waals surface area contributed by atoms with Crippen molar-refractivity contribution in [3.05, 3.63) is 22.2 Å². The van der Waals surface area contributed by atoms with Gasteiger partial charge in [-0.25, -0.2) is 0 Å². The second-order valence-corrected chi connectivity index (χ2v) is 5.99. The molecule has 106 valence electrons. The maximum Gasteiger partial charge on any atom is 0.162 e. The van der Waals surface area contributed by atoms with Gasteiger partial charge in [0.2, 0.25) is 0 Å². The highest BCUT2D eigenvalue weighted by molar-refractivity contribution is 9.10. The molecular weight excluding hydrogens is 308 g/mol. The number of rotatable bonds is 5. The molecular formula is C15H21BrO3. The largest absolute Gasteiger partial charge is 0.493 e. The molecule has 1 aliphatic rings. The third-order valence-electron chi connectivity index (χ3n) is 3.68. The lowest BCUT2D eigenvalue weighted by atomic mass is 10.0. The average Bonchev–Trinajstić information content (AvgIpc) is 2.91. The highest BCUT2D eigenvalue weighted by atomic mass is 79.9. The number of halogens is 1. The summed E-state index contributed by atoms with van der Waals surface area (Å²) in [7, 11) is 1.65. The molecule has 0 aliphatic heterocycles. The minimum absolute atomic E-state index is 0.0730. The fourth-order valence-electron chi connectivity index (χ4n) is 2.46. The van der Waals surface area contributed by atoms with Crippen LogP contribution in [0.25, 0.3) is 0 Å². The van der Waals surface area contributed by atoms with E-state index in [2.05, 4.69) is 15.9 Å². The molecule has 1 aromatic rings. The van der Waals surface area contributed by atoms with Crippen LogP contribution >= 0.6 is 15.9 Å². The van der Waals surface area contributed by atoms with Crippen molar-refractivity contribution in [2.45, 2.75) is 44.6 Å². The normalized spacial score (nSPS) is 17.5. The zero-order valence-electron chi connectivity index (χ0n) is 11.5. The van der Waals surface area contributed by atoms with Gasteiger partial charge in [-0.1, -0.05) is 22.9 Å². The lowest BCUT2D eigenvalue weighted by Gasteiger charge is -2.19. The number of aliphatic hydroxyl groups is 1. The molecule has 2 rings (SSSR count). The van der Waals surface area contributed by atoms with Gasteiger partial charge in [-0.05, 0) is 43.4 Å². The molecule has 0 saturated heterocycles. The second-order valence-electron chi connectivity index (χ2n) is 5.13. The van der Waals surface area contributed by atoms with Crippen molar-refractivity contribution in [2.24, 2.45) is 0 Å². The quantitative estimate of drug-likeness (QED) is 0.891. The first-order valence-electron chi connectivity index (χ1n) is 6.80. The van der Waals surface area contributed by atoms with Gasteiger partial charge >= 0.3 is 0 Å². The predicted molar refractivity (Wildman–Crippen MR) is 79.1 cm³/mol. The van der Waals surface area contributed by atoms with Crippen LogP contribution in [0.5, 0.6) is 11.5 Å². The Morgan fingerprint density at radius 2 is 2.00 bits per heavy atom. The van der Waals surface area contributed by atoms with Crippen molar-refractivity contribution in [2.75, 3.05) is 13.7 Å². The van der Waals surface area contributed by atoms with Gasteiger partial charge in [0.15, 0.2) is 11.5 Å². The first-order valence-corrected chi connectivity index (χ1v) is 7.60. The summed E-state index contributed by atoms with van der Waals surface area (Å²) in [5.41, 5.74) is 1.04. The number of ether oxygens (including phenoxy) is 2. The highest BCUT2D eigenvalue weighted by Gasteiger charge is 2.20. The summed E-state index contributed by atoms with van der Waals surface area (Å²) in [6.07, 6.45) is 5.04. The lowest BCUT2D eigenvalue weighted by Crippen LogP contribution is -2.12. The maximum atomic E-state index is 9.28. The molecule has 0 heterocycles. The van der Waals surface area contributed by atoms with Crippen LogP contribution in [0.3, 0.4) is 0 Å². The second kappa shape index (κ2) is 6.62. The molecule has 0 spiro atoms. The van der Waals surface area contributed by atoms with Gasteiger partial charge in [-0.15, -0.1) is 0 Å². The van der Waals surface area contributed by atoms with Crippen molar-refractivity contribution >= 4 is 15.9 Å². The van der Waals surface area contributed by atoms with Crippen molar-refractivity contribution < 1.29 is 14.6 Å². The van der Waals surface area contributed by atoms with Gasteiger partial charge in [-0.3, -0.25) is 0 Å². The van der Waals surface area contributed by atoms with Gasteiger partial charge in [-0.2, -0.15) is 0 Å². The Labute approximate surface area is 123 Å². The fraction of sp³-hybridized carbons (Fsp3) is 0.600. The van der Waals surface area contributed by atoms with Crippen molar-refractivity contribution in [3.63, 3.8) is 0 Å². The van der Waals surface area contributed by atoms with Crippen molar-refractivity contribution in [1.82, 2.24) is 0 Å². The standard InChI is InChI=1S/C15H21BrO3/c1-10(9-17)12-7-14(18-2)15(8-13(12)16)19-11-5-3-4-6-11/h7-8,10-11,17H,3-6,9H2,1-2H3. The SMILES string of the molecule is COc1cc(C(C)CO)c(Br)cc1OC1CCCC1. The lowest BCUT2D eigenvalue weighted by molar-refractivity contribution is 0.200. The molecule has 19 heavy (non-hydrogen) atoms. The number of methoxy groups -OCH3 is 1. The highest BCUT2D eigenvalue weighted by Crippen LogP contribution is 2.38. The van der Waals surface area contributed by atoms with E-state index >= 15 is 0 Å². The Balaban J connectivity index is 2.25. The summed E-state index contributed by atoms with van der Waals surface area (Å²) in [6, 6.07) is 3.91. The van der Waals surface area contributed by atoms with Crippen LogP contribution in [0.2, 0.25) is 0 Å². The molecule has 1 fully saturated rings. The summed E-state index contributed by atoms with van der Waals surface area (Å²) in [4.78, 5) is 0. The van der Waals surface area contributed by atoms with E-state index in [0.717, 1.165) is 34.4 Å². The summed E-state index contributed by atoms with van der Waals surface area (Å²) < 4.78 is 12.4. The smallest absolute Gasteiger partial charge is 0.162 e. The molecule has 1 aliphatic carbocycles. The summed E-state index contributed by atoms with van der Waals surface area (Å²) in [5, 5.41) is 9.28. The molecule has 0 bridgehead atoms. The molecule has 0 aromatic heterocycles. The molecule has 4 heteroatoms. The number of aliphatic hydroxyl groups excluding tert-OH is 1. The fourth-order valence-corrected chi connectivity index (χ4v) is 3.18. The predicted octanol–water partition coefficient (Wildman–Crippen LogP) is 3.87. The van der Waals surface area contributed by atoms with E-state index in [1.54, 1.807) is 7.11 Å². The molecule has 1 N–H and O–H groups in total. The van der Waals surface area contributed by atoms with E-state index in [0.29, 0.717) is 6.10 Å². The van der Waals surface area contributed by atoms with Gasteiger partial charge in [0.25, 0.3) is 0 Å². The van der Waals surface area contributed by atoms with Crippen LogP contribution in [0.1, 0.15) is 44.1 Å². The monoisotopic (exact) mass is 328 g/mol. The van der Waals surface area contributed by atoms with E-state index in [9.17, 15) is 5.11 Å². The molecule has 3 nitrogen and oxygen atoms in total. The summed E-state index contributed by atoms with van der Waals surface area (Å²) in [6.45, 7) is 2.10. The third kappa shape index (κ3) is 3.42. The Kier molecular flexibility index (Phi) is 5.11. The van der Waals surface area contributed by atoms with E-state index < -0.39 is 0 Å². The Morgan fingerprint density at radius 1 is 1.32 bits per heavy atom. The topological polar surface area (TPSA) is 38.7 Å². The van der Waals surface area contributed by atoms with Gasteiger partial charge in [0.1, 0.15) is 0 Å². The van der Waals surface area contributed by atoms with Crippen molar-refractivity contribution in [1.29, 1.82) is 0 Å². The van der Waals surface area contributed by atoms with Crippen LogP contribution in [-0.2, 0) is 0 Å². The average molecular weight is 329 g/mol. The molecule has 1 atom stereocenters. The molecule has 1 aromatic carbocycles. The molecule has 1 saturated carbocycles. The number of hydrogen-bond acceptors (Lipinski definition) is 3. The van der Waals surface area contributed by atoms with E-state index in [-0.39, 0.29) is 12.5 Å². The van der Waals surface area contributed by atoms with E-state index in [1.807, 2.05) is 19.1 Å². The van der Waals surface area contributed by atoms with Crippen LogP contribution < -0.4 is 9.47 Å². The zero-order chi connectivity index (χ0) is 13.8. The summed E-state index contributed by atoms with van der Waals surface area (Å²) in [5.74, 6) is 1.60.